The second-order valence-electron chi connectivity index (χ2n) is 6.71. The predicted octanol–water partition coefficient (Wildman–Crippen LogP) is 2.88. The largest absolute Gasteiger partial charge is 0.465 e. The lowest BCUT2D eigenvalue weighted by atomic mass is 10.2. The lowest BCUT2D eigenvalue weighted by Gasteiger charge is -2.09. The number of hydrogen-bond acceptors (Lipinski definition) is 7. The van der Waals surface area contributed by atoms with E-state index in [0.717, 1.165) is 0 Å². The van der Waals surface area contributed by atoms with E-state index >= 15 is 0 Å². The van der Waals surface area contributed by atoms with Gasteiger partial charge in [0, 0.05) is 12.2 Å². The summed E-state index contributed by atoms with van der Waals surface area (Å²) in [7, 11) is 1.30. The van der Waals surface area contributed by atoms with Gasteiger partial charge in [0.2, 0.25) is 5.91 Å². The molecule has 0 radical (unpaired) electrons. The third-order valence-corrected chi connectivity index (χ3v) is 5.52. The van der Waals surface area contributed by atoms with Crippen LogP contribution < -0.4 is 10.6 Å². The summed E-state index contributed by atoms with van der Waals surface area (Å²) in [6.45, 7) is 2.47. The van der Waals surface area contributed by atoms with Gasteiger partial charge in [-0.05, 0) is 43.3 Å². The van der Waals surface area contributed by atoms with Crippen molar-refractivity contribution >= 4 is 35.2 Å². The van der Waals surface area contributed by atoms with Gasteiger partial charge in [-0.3, -0.25) is 9.59 Å². The molecule has 0 spiro atoms. The molecule has 0 fully saturated rings. The summed E-state index contributed by atoms with van der Waals surface area (Å²) in [6.07, 6.45) is 0. The van der Waals surface area contributed by atoms with Crippen LogP contribution in [0.1, 0.15) is 33.5 Å². The number of aromatic nitrogens is 3. The van der Waals surface area contributed by atoms with Gasteiger partial charge in [-0.1, -0.05) is 23.9 Å². The van der Waals surface area contributed by atoms with E-state index in [0.29, 0.717) is 28.8 Å². The number of esters is 1. The number of carbonyl (C=O) groups is 3. The van der Waals surface area contributed by atoms with Gasteiger partial charge in [-0.25, -0.2) is 9.18 Å². The van der Waals surface area contributed by atoms with Gasteiger partial charge in [-0.15, -0.1) is 10.2 Å². The Morgan fingerprint density at radius 2 is 1.82 bits per heavy atom. The highest BCUT2D eigenvalue weighted by Crippen LogP contribution is 2.18. The predicted molar refractivity (Wildman–Crippen MR) is 120 cm³/mol. The number of thioether (sulfide) groups is 1. The first-order chi connectivity index (χ1) is 15.9. The van der Waals surface area contributed by atoms with Crippen LogP contribution >= 0.6 is 11.8 Å². The molecule has 0 saturated heterocycles. The third kappa shape index (κ3) is 6.16. The Labute approximate surface area is 193 Å². The summed E-state index contributed by atoms with van der Waals surface area (Å²) in [4.78, 5) is 36.0. The third-order valence-electron chi connectivity index (χ3n) is 4.56. The first-order valence-corrected chi connectivity index (χ1v) is 11.0. The number of nitrogens with one attached hydrogen (secondary N) is 2. The second-order valence-corrected chi connectivity index (χ2v) is 7.65. The Balaban J connectivity index is 1.55. The molecule has 2 aromatic carbocycles. The molecule has 1 aromatic heterocycles. The Morgan fingerprint density at radius 1 is 1.09 bits per heavy atom. The molecule has 172 valence electrons. The molecule has 33 heavy (non-hydrogen) atoms. The van der Waals surface area contributed by atoms with Gasteiger partial charge in [0.05, 0.1) is 30.5 Å². The Hall–Kier alpha value is -3.73. The van der Waals surface area contributed by atoms with E-state index in [1.807, 2.05) is 6.92 Å². The SMILES string of the molecule is CCn1c(CNC(=O)c2ccccc2F)nnc1SCC(=O)Nc1ccc(C(=O)OC)cc1. The summed E-state index contributed by atoms with van der Waals surface area (Å²) in [5, 5.41) is 14.1. The summed E-state index contributed by atoms with van der Waals surface area (Å²) < 4.78 is 20.2. The van der Waals surface area contributed by atoms with Crippen LogP contribution in [0.3, 0.4) is 0 Å². The topological polar surface area (TPSA) is 115 Å². The standard InChI is InChI=1S/C22H22FN5O4S/c1-3-28-18(12-24-20(30)16-6-4-5-7-17(16)23)26-27-22(28)33-13-19(29)25-15-10-8-14(9-11-15)21(31)32-2/h4-11H,3,12-13H2,1-2H3,(H,24,30)(H,25,29). The highest BCUT2D eigenvalue weighted by atomic mass is 32.2. The van der Waals surface area contributed by atoms with Crippen molar-refractivity contribution in [1.82, 2.24) is 20.1 Å². The lowest BCUT2D eigenvalue weighted by molar-refractivity contribution is -0.113. The number of halogens is 1. The maximum absolute atomic E-state index is 13.8. The molecule has 0 atom stereocenters. The Morgan fingerprint density at radius 3 is 2.48 bits per heavy atom. The van der Waals surface area contributed by atoms with Crippen LogP contribution in [0, 0.1) is 5.82 Å². The molecular weight excluding hydrogens is 449 g/mol. The highest BCUT2D eigenvalue weighted by molar-refractivity contribution is 7.99. The van der Waals surface area contributed by atoms with E-state index in [-0.39, 0.29) is 23.8 Å². The molecule has 0 unspecified atom stereocenters. The summed E-state index contributed by atoms with van der Waals surface area (Å²) in [5.74, 6) is -1.30. The fourth-order valence-electron chi connectivity index (χ4n) is 2.91. The number of carbonyl (C=O) groups excluding carboxylic acids is 3. The number of hydrogen-bond donors (Lipinski definition) is 2. The molecule has 2 amide bonds. The molecule has 0 aliphatic carbocycles. The molecule has 1 heterocycles. The van der Waals surface area contributed by atoms with Crippen LogP contribution in [0.15, 0.2) is 53.7 Å². The van der Waals surface area contributed by atoms with E-state index in [1.165, 1.54) is 37.1 Å². The number of methoxy groups -OCH3 is 1. The fourth-order valence-corrected chi connectivity index (χ4v) is 3.73. The Kier molecular flexibility index (Phi) is 8.14. The van der Waals surface area contributed by atoms with Crippen molar-refractivity contribution in [3.63, 3.8) is 0 Å². The minimum Gasteiger partial charge on any atom is -0.465 e. The number of benzene rings is 2. The monoisotopic (exact) mass is 471 g/mol. The van der Waals surface area contributed by atoms with Crippen molar-refractivity contribution in [1.29, 1.82) is 0 Å². The second kappa shape index (κ2) is 11.2. The van der Waals surface area contributed by atoms with Gasteiger partial charge < -0.3 is 19.9 Å². The van der Waals surface area contributed by atoms with Crippen LogP contribution in [0.25, 0.3) is 0 Å². The van der Waals surface area contributed by atoms with Crippen LogP contribution in [0.4, 0.5) is 10.1 Å². The van der Waals surface area contributed by atoms with Crippen molar-refractivity contribution in [2.45, 2.75) is 25.2 Å². The summed E-state index contributed by atoms with van der Waals surface area (Å²) in [6, 6.07) is 12.1. The van der Waals surface area contributed by atoms with Gasteiger partial charge in [0.15, 0.2) is 11.0 Å². The smallest absolute Gasteiger partial charge is 0.337 e. The molecule has 0 aliphatic heterocycles. The van der Waals surface area contributed by atoms with Gasteiger partial charge in [0.1, 0.15) is 5.82 Å². The van der Waals surface area contributed by atoms with Crippen molar-refractivity contribution in [3.05, 3.63) is 71.3 Å². The van der Waals surface area contributed by atoms with Crippen LogP contribution in [0.2, 0.25) is 0 Å². The average molecular weight is 472 g/mol. The minimum atomic E-state index is -0.603. The quantitative estimate of drug-likeness (QED) is 0.364. The van der Waals surface area contributed by atoms with Crippen LogP contribution in [0.5, 0.6) is 0 Å². The van der Waals surface area contributed by atoms with E-state index in [2.05, 4.69) is 25.6 Å². The van der Waals surface area contributed by atoms with Crippen molar-refractivity contribution in [2.75, 3.05) is 18.2 Å². The molecular formula is C22H22FN5O4S. The van der Waals surface area contributed by atoms with E-state index in [4.69, 9.17) is 0 Å². The molecule has 3 rings (SSSR count). The molecule has 0 aliphatic rings. The number of nitrogens with zero attached hydrogens (tertiary/aromatic N) is 3. The van der Waals surface area contributed by atoms with Crippen molar-refractivity contribution < 1.29 is 23.5 Å². The van der Waals surface area contributed by atoms with Gasteiger partial charge >= 0.3 is 5.97 Å². The first kappa shape index (κ1) is 23.9. The maximum Gasteiger partial charge on any atom is 0.337 e. The number of amides is 2. The number of ether oxygens (including phenoxy) is 1. The molecule has 2 N–H and O–H groups in total. The number of rotatable bonds is 9. The molecule has 9 nitrogen and oxygen atoms in total. The Bertz CT molecular complexity index is 1150. The zero-order chi connectivity index (χ0) is 23.8. The molecule has 11 heteroatoms. The van der Waals surface area contributed by atoms with E-state index < -0.39 is 17.7 Å². The molecule has 0 bridgehead atoms. The maximum atomic E-state index is 13.8. The lowest BCUT2D eigenvalue weighted by Crippen LogP contribution is -2.25. The van der Waals surface area contributed by atoms with Crippen LogP contribution in [-0.4, -0.2) is 45.4 Å². The normalized spacial score (nSPS) is 10.5. The molecule has 3 aromatic rings. The van der Waals surface area contributed by atoms with E-state index in [1.54, 1.807) is 34.9 Å². The highest BCUT2D eigenvalue weighted by Gasteiger charge is 2.16. The van der Waals surface area contributed by atoms with Gasteiger partial charge in [-0.2, -0.15) is 0 Å². The molecule has 0 saturated carbocycles. The van der Waals surface area contributed by atoms with E-state index in [9.17, 15) is 18.8 Å². The zero-order valence-electron chi connectivity index (χ0n) is 18.0. The van der Waals surface area contributed by atoms with Crippen LogP contribution in [-0.2, 0) is 22.6 Å². The summed E-state index contributed by atoms with van der Waals surface area (Å²) >= 11 is 1.20. The fraction of sp³-hybridized carbons (Fsp3) is 0.227. The van der Waals surface area contributed by atoms with Gasteiger partial charge in [0.25, 0.3) is 5.91 Å². The van der Waals surface area contributed by atoms with Crippen molar-refractivity contribution in [3.8, 4) is 0 Å². The summed E-state index contributed by atoms with van der Waals surface area (Å²) in [5.41, 5.74) is 0.878. The zero-order valence-corrected chi connectivity index (χ0v) is 18.8. The average Bonchev–Trinajstić information content (AvgIpc) is 3.23. The number of anilines is 1. The van der Waals surface area contributed by atoms with Crippen molar-refractivity contribution in [2.24, 2.45) is 0 Å². The minimum absolute atomic E-state index is 0.0500. The first-order valence-electron chi connectivity index (χ1n) is 9.98.